The number of ether oxygens (including phenoxy) is 1. The maximum absolute atomic E-state index is 11.9. The molecule has 2 rings (SSSR count). The monoisotopic (exact) mass is 276 g/mol. The van der Waals surface area contributed by atoms with Crippen LogP contribution in [0.2, 0.25) is 0 Å². The van der Waals surface area contributed by atoms with Gasteiger partial charge in [-0.05, 0) is 19.3 Å². The topological polar surface area (TPSA) is 73.1 Å². The molecule has 0 amide bonds. The van der Waals surface area contributed by atoms with Crippen molar-refractivity contribution in [3.05, 3.63) is 12.4 Å². The highest BCUT2D eigenvalue weighted by Gasteiger charge is 2.28. The quantitative estimate of drug-likeness (QED) is 0.875. The van der Waals surface area contributed by atoms with Crippen molar-refractivity contribution in [1.29, 1.82) is 0 Å². The molecule has 1 saturated carbocycles. The Kier molecular flexibility index (Phi) is 4.08. The van der Waals surface area contributed by atoms with E-state index in [9.17, 15) is 13.2 Å². The molecule has 8 heteroatoms. The van der Waals surface area contributed by atoms with Crippen LogP contribution in [0.4, 0.5) is 19.1 Å². The summed E-state index contributed by atoms with van der Waals surface area (Å²) in [6, 6.07) is 0.406. The molecule has 106 valence electrons. The van der Waals surface area contributed by atoms with Gasteiger partial charge in [0.2, 0.25) is 5.95 Å². The molecule has 1 heterocycles. The third-order valence-corrected chi connectivity index (χ3v) is 2.84. The van der Waals surface area contributed by atoms with Crippen molar-refractivity contribution < 1.29 is 17.9 Å². The minimum absolute atomic E-state index is 0.00833. The molecule has 0 saturated heterocycles. The molecule has 0 aromatic carbocycles. The second-order valence-electron chi connectivity index (χ2n) is 4.56. The average Bonchev–Trinajstić information content (AvgIpc) is 2.73. The van der Waals surface area contributed by atoms with E-state index in [0.29, 0.717) is 5.95 Å². The maximum Gasteiger partial charge on any atom is 0.422 e. The zero-order chi connectivity index (χ0) is 13.9. The Balaban J connectivity index is 1.84. The minimum Gasteiger partial charge on any atom is -0.481 e. The molecular formula is C11H15F3N4O. The van der Waals surface area contributed by atoms with Gasteiger partial charge in [0.25, 0.3) is 0 Å². The molecule has 0 aliphatic heterocycles. The number of halogens is 3. The van der Waals surface area contributed by atoms with Gasteiger partial charge in [-0.25, -0.2) is 9.97 Å². The number of aromatic nitrogens is 2. The normalized spacial score (nSPS) is 23.4. The molecule has 0 bridgehead atoms. The smallest absolute Gasteiger partial charge is 0.422 e. The molecule has 19 heavy (non-hydrogen) atoms. The zero-order valence-corrected chi connectivity index (χ0v) is 10.2. The summed E-state index contributed by atoms with van der Waals surface area (Å²) in [5.41, 5.74) is 5.78. The largest absolute Gasteiger partial charge is 0.481 e. The van der Waals surface area contributed by atoms with Crippen LogP contribution in [0.3, 0.4) is 0 Å². The lowest BCUT2D eigenvalue weighted by Crippen LogP contribution is -2.22. The van der Waals surface area contributed by atoms with Gasteiger partial charge in [0.15, 0.2) is 12.4 Å². The summed E-state index contributed by atoms with van der Waals surface area (Å²) in [6.07, 6.45) is 0.805. The molecular weight excluding hydrogens is 261 g/mol. The van der Waals surface area contributed by atoms with E-state index in [1.165, 1.54) is 12.4 Å². The second-order valence-corrected chi connectivity index (χ2v) is 4.56. The van der Waals surface area contributed by atoms with E-state index in [4.69, 9.17) is 5.73 Å². The van der Waals surface area contributed by atoms with Crippen LogP contribution in [-0.4, -0.2) is 34.8 Å². The first kappa shape index (κ1) is 13.9. The fraction of sp³-hybridized carbons (Fsp3) is 0.636. The van der Waals surface area contributed by atoms with Crippen molar-refractivity contribution in [1.82, 2.24) is 9.97 Å². The van der Waals surface area contributed by atoms with Crippen molar-refractivity contribution >= 4 is 5.95 Å². The fourth-order valence-electron chi connectivity index (χ4n) is 1.96. The van der Waals surface area contributed by atoms with Crippen LogP contribution in [0.25, 0.3) is 0 Å². The number of anilines is 1. The summed E-state index contributed by atoms with van der Waals surface area (Å²) in [5, 5.41) is 3.09. The van der Waals surface area contributed by atoms with Crippen LogP contribution in [0.1, 0.15) is 19.3 Å². The van der Waals surface area contributed by atoms with Gasteiger partial charge < -0.3 is 15.8 Å². The molecule has 3 N–H and O–H groups in total. The van der Waals surface area contributed by atoms with Gasteiger partial charge in [-0.2, -0.15) is 13.2 Å². The molecule has 1 aromatic heterocycles. The number of nitrogens with one attached hydrogen (secondary N) is 1. The van der Waals surface area contributed by atoms with Crippen molar-refractivity contribution in [2.45, 2.75) is 37.5 Å². The molecule has 1 aromatic rings. The van der Waals surface area contributed by atoms with E-state index in [1.54, 1.807) is 0 Å². The van der Waals surface area contributed by atoms with Gasteiger partial charge in [0, 0.05) is 12.1 Å². The SMILES string of the molecule is N[C@H]1CC[C@H](Nc2ncc(OCC(F)(F)F)cn2)C1. The van der Waals surface area contributed by atoms with E-state index in [-0.39, 0.29) is 17.8 Å². The molecule has 0 unspecified atom stereocenters. The van der Waals surface area contributed by atoms with Crippen LogP contribution in [0.5, 0.6) is 5.75 Å². The van der Waals surface area contributed by atoms with Crippen molar-refractivity contribution in [2.24, 2.45) is 5.73 Å². The first-order valence-corrected chi connectivity index (χ1v) is 5.96. The fourth-order valence-corrected chi connectivity index (χ4v) is 1.96. The van der Waals surface area contributed by atoms with Gasteiger partial charge in [0.1, 0.15) is 0 Å². The number of nitrogens with two attached hydrogens (primary N) is 1. The standard InChI is InChI=1S/C11H15F3N4O/c12-11(13,14)6-19-9-4-16-10(17-5-9)18-8-2-1-7(15)3-8/h4-5,7-8H,1-3,6,15H2,(H,16,17,18)/t7-,8-/m0/s1. The predicted octanol–water partition coefficient (Wildman–Crippen LogP) is 1.71. The molecule has 0 radical (unpaired) electrons. The number of hydrogen-bond donors (Lipinski definition) is 2. The summed E-state index contributed by atoms with van der Waals surface area (Å²) < 4.78 is 40.3. The lowest BCUT2D eigenvalue weighted by molar-refractivity contribution is -0.153. The zero-order valence-electron chi connectivity index (χ0n) is 10.2. The molecule has 5 nitrogen and oxygen atoms in total. The van der Waals surface area contributed by atoms with Gasteiger partial charge in [0.05, 0.1) is 12.4 Å². The van der Waals surface area contributed by atoms with Crippen LogP contribution >= 0.6 is 0 Å². The van der Waals surface area contributed by atoms with Gasteiger partial charge in [-0.1, -0.05) is 0 Å². The Morgan fingerprint density at radius 3 is 2.53 bits per heavy atom. The molecule has 0 spiro atoms. The Morgan fingerprint density at radius 1 is 1.32 bits per heavy atom. The Bertz CT molecular complexity index is 409. The van der Waals surface area contributed by atoms with E-state index in [1.807, 2.05) is 0 Å². The molecule has 1 aliphatic rings. The van der Waals surface area contributed by atoms with Crippen molar-refractivity contribution in [3.63, 3.8) is 0 Å². The van der Waals surface area contributed by atoms with Crippen LogP contribution in [0, 0.1) is 0 Å². The summed E-state index contributed by atoms with van der Waals surface area (Å²) in [7, 11) is 0. The van der Waals surface area contributed by atoms with E-state index in [0.717, 1.165) is 19.3 Å². The molecule has 1 aliphatic carbocycles. The number of alkyl halides is 3. The summed E-state index contributed by atoms with van der Waals surface area (Å²) in [4.78, 5) is 7.82. The highest BCUT2D eigenvalue weighted by molar-refractivity contribution is 5.28. The lowest BCUT2D eigenvalue weighted by atomic mass is 10.2. The van der Waals surface area contributed by atoms with E-state index >= 15 is 0 Å². The maximum atomic E-state index is 11.9. The van der Waals surface area contributed by atoms with Crippen molar-refractivity contribution in [2.75, 3.05) is 11.9 Å². The lowest BCUT2D eigenvalue weighted by Gasteiger charge is -2.12. The van der Waals surface area contributed by atoms with E-state index in [2.05, 4.69) is 20.0 Å². The average molecular weight is 276 g/mol. The Hall–Kier alpha value is -1.57. The Morgan fingerprint density at radius 2 is 2.00 bits per heavy atom. The summed E-state index contributed by atoms with van der Waals surface area (Å²) >= 11 is 0. The van der Waals surface area contributed by atoms with Gasteiger partial charge in [-0.3, -0.25) is 0 Å². The highest BCUT2D eigenvalue weighted by Crippen LogP contribution is 2.21. The van der Waals surface area contributed by atoms with E-state index < -0.39 is 12.8 Å². The summed E-state index contributed by atoms with van der Waals surface area (Å²) in [6.45, 7) is -1.35. The number of rotatable bonds is 4. The Labute approximate surface area is 108 Å². The molecule has 2 atom stereocenters. The molecule has 1 fully saturated rings. The third-order valence-electron chi connectivity index (χ3n) is 2.84. The predicted molar refractivity (Wildman–Crippen MR) is 62.8 cm³/mol. The minimum atomic E-state index is -4.36. The highest BCUT2D eigenvalue weighted by atomic mass is 19.4. The summed E-state index contributed by atoms with van der Waals surface area (Å²) in [5.74, 6) is 0.365. The van der Waals surface area contributed by atoms with Crippen molar-refractivity contribution in [3.8, 4) is 5.75 Å². The third kappa shape index (κ3) is 4.55. The van der Waals surface area contributed by atoms with Crippen LogP contribution < -0.4 is 15.8 Å². The van der Waals surface area contributed by atoms with Gasteiger partial charge >= 0.3 is 6.18 Å². The number of nitrogens with zero attached hydrogens (tertiary/aromatic N) is 2. The first-order valence-electron chi connectivity index (χ1n) is 5.96. The second kappa shape index (κ2) is 5.60. The first-order chi connectivity index (χ1) is 8.92. The van der Waals surface area contributed by atoms with Crippen LogP contribution in [-0.2, 0) is 0 Å². The number of hydrogen-bond acceptors (Lipinski definition) is 5. The van der Waals surface area contributed by atoms with Gasteiger partial charge in [-0.15, -0.1) is 0 Å². The van der Waals surface area contributed by atoms with Crippen LogP contribution in [0.15, 0.2) is 12.4 Å².